The molecule has 0 saturated carbocycles. The summed E-state index contributed by atoms with van der Waals surface area (Å²) in [7, 11) is 0. The molecule has 2 amide bonds. The minimum atomic E-state index is -0.625. The molecule has 146 valence electrons. The third-order valence-electron chi connectivity index (χ3n) is 3.90. The second kappa shape index (κ2) is 8.49. The number of halogens is 2. The van der Waals surface area contributed by atoms with E-state index in [1.54, 1.807) is 11.4 Å². The van der Waals surface area contributed by atoms with E-state index in [1.807, 2.05) is 13.8 Å². The fourth-order valence-corrected chi connectivity index (χ4v) is 3.56. The number of aromatic amines is 1. The third kappa shape index (κ3) is 4.55. The van der Waals surface area contributed by atoms with E-state index in [9.17, 15) is 14.0 Å². The van der Waals surface area contributed by atoms with Crippen molar-refractivity contribution >= 4 is 40.4 Å². The van der Waals surface area contributed by atoms with Crippen LogP contribution in [0.25, 0.3) is 0 Å². The largest absolute Gasteiger partial charge is 0.341 e. The number of nitrogens with one attached hydrogen (secondary N) is 3. The Morgan fingerprint density at radius 2 is 2.04 bits per heavy atom. The first kappa shape index (κ1) is 20.0. The lowest BCUT2D eigenvalue weighted by molar-refractivity contribution is 0.0920. The summed E-state index contributed by atoms with van der Waals surface area (Å²) in [6.07, 6.45) is 1.49. The number of hydrogen-bond donors (Lipinski definition) is 3. The molecule has 0 saturated heterocycles. The average molecular weight is 422 g/mol. The molecule has 0 spiro atoms. The Bertz CT molecular complexity index is 990. The quantitative estimate of drug-likeness (QED) is 0.559. The molecule has 0 aliphatic carbocycles. The van der Waals surface area contributed by atoms with Gasteiger partial charge in [-0.2, -0.15) is 5.10 Å². The van der Waals surface area contributed by atoms with Gasteiger partial charge in [-0.25, -0.2) is 9.37 Å². The molecule has 2 heterocycles. The van der Waals surface area contributed by atoms with Crippen LogP contribution in [0.5, 0.6) is 0 Å². The van der Waals surface area contributed by atoms with E-state index in [4.69, 9.17) is 11.6 Å². The average Bonchev–Trinajstić information content (AvgIpc) is 3.34. The first-order chi connectivity index (χ1) is 13.3. The maximum Gasteiger partial charge on any atom is 0.275 e. The van der Waals surface area contributed by atoms with Crippen molar-refractivity contribution in [2.45, 2.75) is 19.9 Å². The number of nitrogens with zero attached hydrogens (tertiary/aromatic N) is 2. The van der Waals surface area contributed by atoms with Crippen molar-refractivity contribution in [1.82, 2.24) is 20.5 Å². The summed E-state index contributed by atoms with van der Waals surface area (Å²) >= 11 is 6.90. The second-order valence-electron chi connectivity index (χ2n) is 6.32. The van der Waals surface area contributed by atoms with Crippen LogP contribution in [0, 0.1) is 11.7 Å². The summed E-state index contributed by atoms with van der Waals surface area (Å²) in [5.41, 5.74) is 0.788. The van der Waals surface area contributed by atoms with Gasteiger partial charge < -0.3 is 10.6 Å². The monoisotopic (exact) mass is 421 g/mol. The molecule has 3 N–H and O–H groups in total. The van der Waals surface area contributed by atoms with Gasteiger partial charge in [-0.05, 0) is 30.2 Å². The van der Waals surface area contributed by atoms with Crippen LogP contribution >= 0.6 is 22.9 Å². The zero-order valence-corrected chi connectivity index (χ0v) is 16.6. The van der Waals surface area contributed by atoms with Crippen LogP contribution in [0.3, 0.4) is 0 Å². The maximum absolute atomic E-state index is 13.5. The Morgan fingerprint density at radius 3 is 2.68 bits per heavy atom. The number of anilines is 1. The summed E-state index contributed by atoms with van der Waals surface area (Å²) < 4.78 is 13.5. The van der Waals surface area contributed by atoms with Gasteiger partial charge in [0.1, 0.15) is 22.2 Å². The maximum atomic E-state index is 13.5. The van der Waals surface area contributed by atoms with Crippen LogP contribution < -0.4 is 10.6 Å². The number of carbonyl (C=O) groups excluding carboxylic acids is 2. The van der Waals surface area contributed by atoms with Gasteiger partial charge in [0.2, 0.25) is 0 Å². The van der Waals surface area contributed by atoms with Crippen molar-refractivity contribution in [3.05, 3.63) is 63.1 Å². The zero-order valence-electron chi connectivity index (χ0n) is 15.0. The van der Waals surface area contributed by atoms with E-state index >= 15 is 0 Å². The number of rotatable bonds is 6. The molecular formula is C18H17ClFN5O2S. The van der Waals surface area contributed by atoms with Crippen LogP contribution in [0.1, 0.15) is 45.9 Å². The van der Waals surface area contributed by atoms with Crippen molar-refractivity contribution in [3.8, 4) is 0 Å². The van der Waals surface area contributed by atoms with Gasteiger partial charge >= 0.3 is 0 Å². The first-order valence-electron chi connectivity index (χ1n) is 8.37. The molecule has 2 aromatic heterocycles. The lowest BCUT2D eigenvalue weighted by atomic mass is 10.1. The smallest absolute Gasteiger partial charge is 0.275 e. The van der Waals surface area contributed by atoms with Crippen molar-refractivity contribution in [2.75, 3.05) is 5.32 Å². The SMILES string of the molecule is CC(C)[C@@H](NC(=O)c1ccn[nH]1)c1nc(C(=O)Nc2ccc(Cl)c(F)c2)cs1. The highest BCUT2D eigenvalue weighted by atomic mass is 35.5. The highest BCUT2D eigenvalue weighted by Gasteiger charge is 2.24. The van der Waals surface area contributed by atoms with E-state index in [0.29, 0.717) is 10.7 Å². The van der Waals surface area contributed by atoms with Gasteiger partial charge in [0, 0.05) is 17.3 Å². The Labute approximate surface area is 169 Å². The molecule has 3 aromatic rings. The van der Waals surface area contributed by atoms with Gasteiger partial charge in [-0.15, -0.1) is 11.3 Å². The second-order valence-corrected chi connectivity index (χ2v) is 7.62. The minimum Gasteiger partial charge on any atom is -0.341 e. The molecule has 3 rings (SSSR count). The highest BCUT2D eigenvalue weighted by molar-refractivity contribution is 7.10. The molecule has 0 aliphatic rings. The van der Waals surface area contributed by atoms with E-state index in [2.05, 4.69) is 25.8 Å². The Hall–Kier alpha value is -2.78. The molecule has 0 bridgehead atoms. The molecular weight excluding hydrogens is 405 g/mol. The van der Waals surface area contributed by atoms with Crippen molar-refractivity contribution in [2.24, 2.45) is 5.92 Å². The molecule has 0 radical (unpaired) electrons. The lowest BCUT2D eigenvalue weighted by Gasteiger charge is -2.19. The molecule has 0 fully saturated rings. The van der Waals surface area contributed by atoms with Crippen molar-refractivity contribution in [3.63, 3.8) is 0 Å². The van der Waals surface area contributed by atoms with Gasteiger partial charge in [0.15, 0.2) is 0 Å². The third-order valence-corrected chi connectivity index (χ3v) is 5.13. The highest BCUT2D eigenvalue weighted by Crippen LogP contribution is 2.26. The van der Waals surface area contributed by atoms with Gasteiger partial charge in [-0.3, -0.25) is 14.7 Å². The molecule has 0 aliphatic heterocycles. The van der Waals surface area contributed by atoms with Crippen LogP contribution in [0.4, 0.5) is 10.1 Å². The number of aromatic nitrogens is 3. The number of hydrogen-bond acceptors (Lipinski definition) is 5. The molecule has 7 nitrogen and oxygen atoms in total. The Kier molecular flexibility index (Phi) is 6.05. The summed E-state index contributed by atoms with van der Waals surface area (Å²) in [4.78, 5) is 29.1. The lowest BCUT2D eigenvalue weighted by Crippen LogP contribution is -2.32. The standard InChI is InChI=1S/C18H17ClFN5O2S/c1-9(2)15(24-16(26)13-5-6-21-25-13)18-23-14(8-28-18)17(27)22-10-3-4-11(19)12(20)7-10/h3-9,15H,1-2H3,(H,21,25)(H,22,27)(H,24,26)/t15-/m1/s1. The van der Waals surface area contributed by atoms with Gasteiger partial charge in [-0.1, -0.05) is 25.4 Å². The normalized spacial score (nSPS) is 12.0. The molecule has 1 aromatic carbocycles. The van der Waals surface area contributed by atoms with Crippen molar-refractivity contribution < 1.29 is 14.0 Å². The van der Waals surface area contributed by atoms with Crippen LogP contribution in [0.2, 0.25) is 5.02 Å². The number of benzene rings is 1. The molecule has 28 heavy (non-hydrogen) atoms. The first-order valence-corrected chi connectivity index (χ1v) is 9.63. The molecule has 0 unspecified atom stereocenters. The topological polar surface area (TPSA) is 99.8 Å². The Balaban J connectivity index is 1.73. The number of H-pyrrole nitrogens is 1. The molecule has 10 heteroatoms. The summed E-state index contributed by atoms with van der Waals surface area (Å²) in [5.74, 6) is -1.38. The zero-order chi connectivity index (χ0) is 20.3. The van der Waals surface area contributed by atoms with E-state index in [0.717, 1.165) is 6.07 Å². The minimum absolute atomic E-state index is 0.0262. The van der Waals surface area contributed by atoms with Crippen LogP contribution in [0.15, 0.2) is 35.8 Å². The predicted octanol–water partition coefficient (Wildman–Crippen LogP) is 4.04. The summed E-state index contributed by atoms with van der Waals surface area (Å²) in [5, 5.41) is 14.0. The molecule has 1 atom stereocenters. The Morgan fingerprint density at radius 1 is 1.25 bits per heavy atom. The van der Waals surface area contributed by atoms with E-state index in [1.165, 1.54) is 29.7 Å². The van der Waals surface area contributed by atoms with Crippen LogP contribution in [-0.2, 0) is 0 Å². The summed E-state index contributed by atoms with van der Waals surface area (Å²) in [6.45, 7) is 3.88. The summed E-state index contributed by atoms with van der Waals surface area (Å²) in [6, 6.07) is 5.18. The number of amides is 2. The predicted molar refractivity (Wildman–Crippen MR) is 105 cm³/mol. The van der Waals surface area contributed by atoms with Gasteiger partial charge in [0.25, 0.3) is 11.8 Å². The number of thiazole rings is 1. The van der Waals surface area contributed by atoms with Gasteiger partial charge in [0.05, 0.1) is 11.1 Å². The fraction of sp³-hybridized carbons (Fsp3) is 0.222. The number of carbonyl (C=O) groups is 2. The van der Waals surface area contributed by atoms with Crippen molar-refractivity contribution in [1.29, 1.82) is 0 Å². The van der Waals surface area contributed by atoms with E-state index in [-0.39, 0.29) is 34.3 Å². The van der Waals surface area contributed by atoms with Crippen LogP contribution in [-0.4, -0.2) is 27.0 Å². The fourth-order valence-electron chi connectivity index (χ4n) is 2.42. The van der Waals surface area contributed by atoms with E-state index < -0.39 is 11.7 Å².